The molecule has 0 amide bonds. The smallest absolute Gasteiger partial charge is 0.0368 e. The van der Waals surface area contributed by atoms with E-state index in [-0.39, 0.29) is 0 Å². The van der Waals surface area contributed by atoms with Crippen LogP contribution in [0.25, 0.3) is 0 Å². The molecule has 0 aromatic carbocycles. The minimum atomic E-state index is 0.969. The topological polar surface area (TPSA) is 36.8 Å². The van der Waals surface area contributed by atoms with Crippen molar-refractivity contribution in [2.75, 3.05) is 0 Å². The minimum absolute atomic E-state index is 0.969. The van der Waals surface area contributed by atoms with Crippen molar-refractivity contribution < 1.29 is 0 Å². The van der Waals surface area contributed by atoms with Crippen LogP contribution in [-0.4, -0.2) is 11.4 Å². The van der Waals surface area contributed by atoms with Crippen molar-refractivity contribution in [1.29, 1.82) is 0 Å². The summed E-state index contributed by atoms with van der Waals surface area (Å²) >= 11 is 0. The van der Waals surface area contributed by atoms with Gasteiger partial charge in [-0.15, -0.1) is 0 Å². The monoisotopic (exact) mass is 183 g/mol. The molecule has 0 unspecified atom stereocenters. The molecule has 3 heteroatoms. The van der Waals surface area contributed by atoms with Crippen molar-refractivity contribution in [3.05, 3.63) is 0 Å². The van der Waals surface area contributed by atoms with Gasteiger partial charge in [0.05, 0.1) is 0 Å². The molecule has 0 aliphatic rings. The van der Waals surface area contributed by atoms with Gasteiger partial charge in [-0.25, -0.2) is 0 Å². The normalized spacial score (nSPS) is 13.2. The van der Waals surface area contributed by atoms with Gasteiger partial charge in [0.1, 0.15) is 0 Å². The van der Waals surface area contributed by atoms with Gasteiger partial charge in [0.25, 0.3) is 0 Å². The first-order valence-electron chi connectivity index (χ1n) is 5.02. The number of hydrogen-bond donors (Lipinski definition) is 1. The first-order valence-corrected chi connectivity index (χ1v) is 5.02. The Kier molecular flexibility index (Phi) is 7.26. The van der Waals surface area contributed by atoms with Gasteiger partial charge in [-0.2, -0.15) is 15.7 Å². The summed E-state index contributed by atoms with van der Waals surface area (Å²) in [6.07, 6.45) is 4.44. The second-order valence-electron chi connectivity index (χ2n) is 3.25. The van der Waals surface area contributed by atoms with E-state index >= 15 is 0 Å². The molecule has 0 saturated carbocycles. The fourth-order valence-electron chi connectivity index (χ4n) is 0.763. The molecule has 3 nitrogen and oxygen atoms in total. The van der Waals surface area contributed by atoms with Crippen molar-refractivity contribution in [3.8, 4) is 0 Å². The van der Waals surface area contributed by atoms with E-state index in [4.69, 9.17) is 0 Å². The van der Waals surface area contributed by atoms with Gasteiger partial charge in [0.2, 0.25) is 0 Å². The Hall–Kier alpha value is -0.860. The molecular formula is C10H21N3. The lowest BCUT2D eigenvalue weighted by molar-refractivity contribution is 0.775. The minimum Gasteiger partial charge on any atom is -0.198 e. The predicted molar refractivity (Wildman–Crippen MR) is 59.2 cm³/mol. The van der Waals surface area contributed by atoms with Crippen LogP contribution in [0.3, 0.4) is 0 Å². The molecule has 0 radical (unpaired) electrons. The average Bonchev–Trinajstić information content (AvgIpc) is 2.14. The second kappa shape index (κ2) is 7.77. The SMILES string of the molecule is CCCC/C(C)=N/N/N=C(\C)CC. The maximum Gasteiger partial charge on any atom is 0.0368 e. The Labute approximate surface area is 81.3 Å². The highest BCUT2D eigenvalue weighted by Crippen LogP contribution is 1.95. The zero-order chi connectivity index (χ0) is 10.1. The molecule has 0 rings (SSSR count). The molecule has 13 heavy (non-hydrogen) atoms. The molecular weight excluding hydrogens is 162 g/mol. The van der Waals surface area contributed by atoms with Crippen molar-refractivity contribution in [2.24, 2.45) is 10.2 Å². The molecule has 0 aromatic rings. The molecule has 0 bridgehead atoms. The first-order chi connectivity index (χ1) is 6.20. The Morgan fingerprint density at radius 1 is 1.08 bits per heavy atom. The highest BCUT2D eigenvalue weighted by molar-refractivity contribution is 5.82. The van der Waals surface area contributed by atoms with E-state index in [1.165, 1.54) is 12.8 Å². The third kappa shape index (κ3) is 7.50. The standard InChI is InChI=1S/C10H21N3/c1-5-7-8-10(4)12-13-11-9(3)6-2/h13H,5-8H2,1-4H3/b11-9+,12-10+. The molecule has 76 valence electrons. The van der Waals surface area contributed by atoms with Crippen LogP contribution >= 0.6 is 0 Å². The summed E-state index contributed by atoms with van der Waals surface area (Å²) in [5.74, 6) is 0. The van der Waals surface area contributed by atoms with Crippen LogP contribution in [0.15, 0.2) is 10.2 Å². The fraction of sp³-hybridized carbons (Fsp3) is 0.800. The van der Waals surface area contributed by atoms with Crippen molar-refractivity contribution >= 4 is 11.4 Å². The Morgan fingerprint density at radius 3 is 2.23 bits per heavy atom. The Balaban J connectivity index is 3.70. The summed E-state index contributed by atoms with van der Waals surface area (Å²) in [5.41, 5.74) is 4.92. The van der Waals surface area contributed by atoms with Crippen LogP contribution in [0, 0.1) is 0 Å². The quantitative estimate of drug-likeness (QED) is 0.499. The summed E-state index contributed by atoms with van der Waals surface area (Å²) < 4.78 is 0. The molecule has 0 aromatic heterocycles. The van der Waals surface area contributed by atoms with E-state index < -0.39 is 0 Å². The van der Waals surface area contributed by atoms with Crippen molar-refractivity contribution in [2.45, 2.75) is 53.4 Å². The Morgan fingerprint density at radius 2 is 1.69 bits per heavy atom. The summed E-state index contributed by atoms with van der Waals surface area (Å²) in [4.78, 5) is 0. The summed E-state index contributed by atoms with van der Waals surface area (Å²) in [5, 5.41) is 8.20. The van der Waals surface area contributed by atoms with Crippen LogP contribution in [-0.2, 0) is 0 Å². The molecule has 0 heterocycles. The van der Waals surface area contributed by atoms with Gasteiger partial charge in [-0.3, -0.25) is 0 Å². The van der Waals surface area contributed by atoms with Gasteiger partial charge in [-0.1, -0.05) is 20.3 Å². The maximum atomic E-state index is 4.13. The van der Waals surface area contributed by atoms with Crippen LogP contribution in [0.1, 0.15) is 53.4 Å². The average molecular weight is 183 g/mol. The van der Waals surface area contributed by atoms with E-state index in [2.05, 4.69) is 29.6 Å². The van der Waals surface area contributed by atoms with E-state index in [1.807, 2.05) is 13.8 Å². The maximum absolute atomic E-state index is 4.13. The molecule has 0 aliphatic carbocycles. The highest BCUT2D eigenvalue weighted by Gasteiger charge is 1.89. The van der Waals surface area contributed by atoms with Gasteiger partial charge >= 0.3 is 0 Å². The van der Waals surface area contributed by atoms with Crippen LogP contribution in [0.2, 0.25) is 0 Å². The summed E-state index contributed by atoms with van der Waals surface area (Å²) in [7, 11) is 0. The molecule has 0 saturated heterocycles. The van der Waals surface area contributed by atoms with Crippen molar-refractivity contribution in [1.82, 2.24) is 5.53 Å². The lowest BCUT2D eigenvalue weighted by Crippen LogP contribution is -2.04. The number of hydrogen-bond acceptors (Lipinski definition) is 3. The van der Waals surface area contributed by atoms with E-state index in [0.29, 0.717) is 0 Å². The van der Waals surface area contributed by atoms with Crippen LogP contribution in [0.4, 0.5) is 0 Å². The summed E-state index contributed by atoms with van der Waals surface area (Å²) in [6, 6.07) is 0. The molecule has 0 aliphatic heterocycles. The highest BCUT2D eigenvalue weighted by atomic mass is 15.5. The number of nitrogens with zero attached hydrogens (tertiary/aromatic N) is 2. The number of hydrazone groups is 2. The van der Waals surface area contributed by atoms with Gasteiger partial charge < -0.3 is 0 Å². The third-order valence-corrected chi connectivity index (χ3v) is 1.89. The van der Waals surface area contributed by atoms with Crippen molar-refractivity contribution in [3.63, 3.8) is 0 Å². The van der Waals surface area contributed by atoms with E-state index in [9.17, 15) is 0 Å². The van der Waals surface area contributed by atoms with Crippen LogP contribution in [0.5, 0.6) is 0 Å². The first kappa shape index (κ1) is 12.1. The zero-order valence-corrected chi connectivity index (χ0v) is 9.22. The number of rotatable bonds is 6. The molecule has 0 atom stereocenters. The van der Waals surface area contributed by atoms with Crippen LogP contribution < -0.4 is 5.53 Å². The lowest BCUT2D eigenvalue weighted by atomic mass is 10.2. The second-order valence-corrected chi connectivity index (χ2v) is 3.25. The van der Waals surface area contributed by atoms with Gasteiger partial charge in [0, 0.05) is 11.4 Å². The number of unbranched alkanes of at least 4 members (excludes halogenated alkanes) is 1. The Bertz CT molecular complexity index is 183. The summed E-state index contributed by atoms with van der Waals surface area (Å²) in [6.45, 7) is 8.28. The van der Waals surface area contributed by atoms with Gasteiger partial charge in [0.15, 0.2) is 0 Å². The van der Waals surface area contributed by atoms with E-state index in [0.717, 1.165) is 24.3 Å². The lowest BCUT2D eigenvalue weighted by Gasteiger charge is -1.98. The largest absolute Gasteiger partial charge is 0.198 e. The van der Waals surface area contributed by atoms with Gasteiger partial charge in [-0.05, 0) is 33.1 Å². The van der Waals surface area contributed by atoms with E-state index in [1.54, 1.807) is 0 Å². The zero-order valence-electron chi connectivity index (χ0n) is 9.22. The number of nitrogens with one attached hydrogen (secondary N) is 1. The predicted octanol–water partition coefficient (Wildman–Crippen LogP) is 2.93. The molecule has 1 N–H and O–H groups in total. The molecule has 0 fully saturated rings. The fourth-order valence-corrected chi connectivity index (χ4v) is 0.763. The molecule has 0 spiro atoms. The third-order valence-electron chi connectivity index (χ3n) is 1.89.